The molecule has 2 bridgehead atoms. The van der Waals surface area contributed by atoms with Gasteiger partial charge < -0.3 is 9.47 Å². The van der Waals surface area contributed by atoms with Gasteiger partial charge in [0.25, 0.3) is 0 Å². The Balaban J connectivity index is 1.32. The summed E-state index contributed by atoms with van der Waals surface area (Å²) in [7, 11) is 1.50. The Labute approximate surface area is 177 Å². The molecule has 1 atom stereocenters. The van der Waals surface area contributed by atoms with E-state index in [1.165, 1.54) is 20.0 Å². The Kier molecular flexibility index (Phi) is 4.93. The molecule has 5 rings (SSSR count). The highest BCUT2D eigenvalue weighted by Gasteiger charge is 2.53. The van der Waals surface area contributed by atoms with Crippen molar-refractivity contribution in [1.82, 2.24) is 4.98 Å². The molecule has 2 aliphatic carbocycles. The number of rotatable bonds is 6. The molecule has 2 fully saturated rings. The second-order valence-electron chi connectivity index (χ2n) is 8.82. The van der Waals surface area contributed by atoms with E-state index in [9.17, 15) is 4.79 Å². The topological polar surface area (TPSA) is 48.4 Å². The van der Waals surface area contributed by atoms with E-state index in [2.05, 4.69) is 17.1 Å². The van der Waals surface area contributed by atoms with Crippen LogP contribution in [0.1, 0.15) is 49.3 Å². The molecular formula is C26H27NO3. The molecule has 0 saturated heterocycles. The number of benzene rings is 2. The van der Waals surface area contributed by atoms with Crippen LogP contribution in [0.15, 0.2) is 60.7 Å². The van der Waals surface area contributed by atoms with E-state index in [4.69, 9.17) is 9.47 Å². The maximum absolute atomic E-state index is 12.7. The van der Waals surface area contributed by atoms with Crippen LogP contribution in [-0.4, -0.2) is 18.1 Å². The van der Waals surface area contributed by atoms with Crippen LogP contribution >= 0.6 is 0 Å². The summed E-state index contributed by atoms with van der Waals surface area (Å²) in [6.07, 6.45) is 5.90. The first-order chi connectivity index (χ1) is 14.7. The lowest BCUT2D eigenvalue weighted by molar-refractivity contribution is -0.146. The van der Waals surface area contributed by atoms with Gasteiger partial charge in [0.05, 0.1) is 24.2 Å². The van der Waals surface area contributed by atoms with Crippen LogP contribution in [0.4, 0.5) is 0 Å². The van der Waals surface area contributed by atoms with Gasteiger partial charge in [-0.25, -0.2) is 4.98 Å². The fraction of sp³-hybridized carbons (Fsp3) is 0.385. The summed E-state index contributed by atoms with van der Waals surface area (Å²) in [6.45, 7) is 0.413. The average Bonchev–Trinajstić information content (AvgIpc) is 3.40. The van der Waals surface area contributed by atoms with Crippen molar-refractivity contribution in [1.29, 1.82) is 0 Å². The van der Waals surface area contributed by atoms with E-state index < -0.39 is 0 Å². The van der Waals surface area contributed by atoms with E-state index >= 15 is 0 Å². The van der Waals surface area contributed by atoms with Gasteiger partial charge in [-0.1, -0.05) is 36.4 Å². The largest absolute Gasteiger partial charge is 0.487 e. The zero-order chi connectivity index (χ0) is 20.6. The van der Waals surface area contributed by atoms with Gasteiger partial charge in [-0.3, -0.25) is 4.79 Å². The molecule has 1 aromatic heterocycles. The summed E-state index contributed by atoms with van der Waals surface area (Å²) in [5, 5.41) is 1.12. The van der Waals surface area contributed by atoms with Crippen molar-refractivity contribution in [2.75, 3.05) is 7.11 Å². The van der Waals surface area contributed by atoms with Gasteiger partial charge in [0.1, 0.15) is 12.4 Å². The third kappa shape index (κ3) is 3.45. The smallest absolute Gasteiger partial charge is 0.313 e. The minimum atomic E-state index is -0.175. The lowest BCUT2D eigenvalue weighted by Crippen LogP contribution is -2.31. The standard InChI is InChI=1S/C26H27NO3/c1-29-25(28)24(26-14-12-18(16-26)13-15-26)20-7-10-22(11-8-20)30-17-21-9-6-19-4-2-3-5-23(19)27-21/h2-11,18,24H,12-17H2,1H3. The summed E-state index contributed by atoms with van der Waals surface area (Å²) in [5.74, 6) is 1.29. The van der Waals surface area contributed by atoms with E-state index in [0.29, 0.717) is 6.61 Å². The molecule has 0 N–H and O–H groups in total. The fourth-order valence-electron chi connectivity index (χ4n) is 5.60. The predicted octanol–water partition coefficient (Wildman–Crippen LogP) is 5.65. The first-order valence-corrected chi connectivity index (χ1v) is 10.8. The summed E-state index contributed by atoms with van der Waals surface area (Å²) in [4.78, 5) is 17.4. The SMILES string of the molecule is COC(=O)C(c1ccc(OCc2ccc3ccccc3n2)cc1)C12CCC(CC1)C2. The molecule has 0 radical (unpaired) electrons. The molecule has 4 nitrogen and oxygen atoms in total. The second kappa shape index (κ2) is 7.75. The van der Waals surface area contributed by atoms with Crippen LogP contribution < -0.4 is 4.74 Å². The first-order valence-electron chi connectivity index (χ1n) is 10.8. The van der Waals surface area contributed by atoms with Gasteiger partial charge in [-0.05, 0) is 73.3 Å². The number of ether oxygens (including phenoxy) is 2. The third-order valence-corrected chi connectivity index (χ3v) is 7.10. The summed E-state index contributed by atoms with van der Waals surface area (Å²) >= 11 is 0. The van der Waals surface area contributed by atoms with Crippen LogP contribution in [-0.2, 0) is 16.1 Å². The molecule has 3 aromatic rings. The van der Waals surface area contributed by atoms with Crippen molar-refractivity contribution in [2.45, 2.75) is 44.6 Å². The number of esters is 1. The average molecular weight is 402 g/mol. The Morgan fingerprint density at radius 3 is 2.53 bits per heavy atom. The summed E-state index contributed by atoms with van der Waals surface area (Å²) in [6, 6.07) is 20.1. The highest BCUT2D eigenvalue weighted by atomic mass is 16.5. The normalized spacial score (nSPS) is 23.4. The minimum Gasteiger partial charge on any atom is -0.487 e. The molecule has 1 unspecified atom stereocenters. The van der Waals surface area contributed by atoms with Crippen molar-refractivity contribution in [3.63, 3.8) is 0 Å². The number of carbonyl (C=O) groups excluding carboxylic acids is 1. The third-order valence-electron chi connectivity index (χ3n) is 7.10. The molecule has 2 aromatic carbocycles. The Hall–Kier alpha value is -2.88. The van der Waals surface area contributed by atoms with E-state index in [1.54, 1.807) is 0 Å². The molecule has 2 saturated carbocycles. The van der Waals surface area contributed by atoms with Crippen molar-refractivity contribution >= 4 is 16.9 Å². The second-order valence-corrected chi connectivity index (χ2v) is 8.82. The van der Waals surface area contributed by atoms with Crippen LogP contribution in [0.2, 0.25) is 0 Å². The number of carbonyl (C=O) groups is 1. The predicted molar refractivity (Wildman–Crippen MR) is 116 cm³/mol. The quantitative estimate of drug-likeness (QED) is 0.501. The number of fused-ring (bicyclic) bond motifs is 3. The zero-order valence-electron chi connectivity index (χ0n) is 17.3. The highest BCUT2D eigenvalue weighted by Crippen LogP contribution is 2.61. The molecular weight excluding hydrogens is 374 g/mol. The van der Waals surface area contributed by atoms with Crippen molar-refractivity contribution in [2.24, 2.45) is 11.3 Å². The van der Waals surface area contributed by atoms with Crippen LogP contribution in [0.25, 0.3) is 10.9 Å². The monoisotopic (exact) mass is 401 g/mol. The number of nitrogens with zero attached hydrogens (tertiary/aromatic N) is 1. The molecule has 0 spiro atoms. The number of methoxy groups -OCH3 is 1. The maximum Gasteiger partial charge on any atom is 0.313 e. The van der Waals surface area contributed by atoms with Gasteiger partial charge >= 0.3 is 5.97 Å². The van der Waals surface area contributed by atoms with Gasteiger partial charge in [-0.15, -0.1) is 0 Å². The summed E-state index contributed by atoms with van der Waals surface area (Å²) < 4.78 is 11.2. The Morgan fingerprint density at radius 2 is 1.83 bits per heavy atom. The number of aromatic nitrogens is 1. The van der Waals surface area contributed by atoms with E-state index in [0.717, 1.165) is 53.1 Å². The summed E-state index contributed by atoms with van der Waals surface area (Å²) in [5.41, 5.74) is 2.99. The molecule has 0 aliphatic heterocycles. The number of pyridine rings is 1. The molecule has 4 heteroatoms. The minimum absolute atomic E-state index is 0.0785. The molecule has 30 heavy (non-hydrogen) atoms. The number of para-hydroxylation sites is 1. The van der Waals surface area contributed by atoms with Gasteiger partial charge in [0, 0.05) is 5.39 Å². The lowest BCUT2D eigenvalue weighted by atomic mass is 9.70. The fourth-order valence-corrected chi connectivity index (χ4v) is 5.60. The van der Waals surface area contributed by atoms with Crippen molar-refractivity contribution < 1.29 is 14.3 Å². The van der Waals surface area contributed by atoms with Crippen molar-refractivity contribution in [3.8, 4) is 5.75 Å². The van der Waals surface area contributed by atoms with E-state index in [1.807, 2.05) is 48.5 Å². The Bertz CT molecular complexity index is 1050. The number of hydrogen-bond acceptors (Lipinski definition) is 4. The van der Waals surface area contributed by atoms with Gasteiger partial charge in [0.2, 0.25) is 0 Å². The molecule has 1 heterocycles. The van der Waals surface area contributed by atoms with Crippen LogP contribution in [0.3, 0.4) is 0 Å². The first kappa shape index (κ1) is 19.1. The maximum atomic E-state index is 12.7. The Morgan fingerprint density at radius 1 is 1.07 bits per heavy atom. The molecule has 2 aliphatic rings. The highest BCUT2D eigenvalue weighted by molar-refractivity contribution is 5.79. The number of hydrogen-bond donors (Lipinski definition) is 0. The van der Waals surface area contributed by atoms with Crippen LogP contribution in [0, 0.1) is 11.3 Å². The van der Waals surface area contributed by atoms with Crippen molar-refractivity contribution in [3.05, 3.63) is 71.9 Å². The van der Waals surface area contributed by atoms with Gasteiger partial charge in [0.15, 0.2) is 0 Å². The van der Waals surface area contributed by atoms with Crippen LogP contribution in [0.5, 0.6) is 5.75 Å². The van der Waals surface area contributed by atoms with Gasteiger partial charge in [-0.2, -0.15) is 0 Å². The molecule has 0 amide bonds. The zero-order valence-corrected chi connectivity index (χ0v) is 17.3. The van der Waals surface area contributed by atoms with E-state index in [-0.39, 0.29) is 17.3 Å². The lowest BCUT2D eigenvalue weighted by Gasteiger charge is -2.34. The molecule has 154 valence electrons.